The third kappa shape index (κ3) is 34.1. The number of allylic oxidation sites excluding steroid dienone is 12. The molecule has 0 amide bonds. The highest BCUT2D eigenvalue weighted by Crippen LogP contribution is 2.47. The predicted molar refractivity (Wildman–Crippen MR) is 267 cm³/mol. The van der Waals surface area contributed by atoms with E-state index in [1.165, 1.54) is 70.6 Å². The first-order valence-electron chi connectivity index (χ1n) is 25.8. The van der Waals surface area contributed by atoms with Gasteiger partial charge in [-0.15, -0.1) is 0 Å². The predicted octanol–water partition coefficient (Wildman–Crippen LogP) is 11.5. The number of carbonyl (C=O) groups excluding carboxylic acids is 1. The van der Waals surface area contributed by atoms with E-state index in [0.29, 0.717) is 13.0 Å². The van der Waals surface area contributed by atoms with E-state index >= 15 is 0 Å². The summed E-state index contributed by atoms with van der Waals surface area (Å²) in [5.41, 5.74) is 0. The molecule has 0 heterocycles. The zero-order valence-electron chi connectivity index (χ0n) is 41.0. The van der Waals surface area contributed by atoms with Gasteiger partial charge in [0.05, 0.1) is 13.2 Å². The molecule has 1 aliphatic carbocycles. The molecule has 0 aliphatic heterocycles. The summed E-state index contributed by atoms with van der Waals surface area (Å²) in [5, 5.41) is 50.3. The molecule has 1 rings (SSSR count). The van der Waals surface area contributed by atoms with Crippen LogP contribution in [-0.4, -0.2) is 98.9 Å². The lowest BCUT2D eigenvalue weighted by Gasteiger charge is -2.41. The minimum atomic E-state index is -5.03. The number of unbranched alkanes of at least 4 members (excludes halogenated alkanes) is 19. The fourth-order valence-electron chi connectivity index (χ4n) is 7.49. The van der Waals surface area contributed by atoms with Gasteiger partial charge in [-0.1, -0.05) is 177 Å². The molecule has 6 N–H and O–H groups in total. The van der Waals surface area contributed by atoms with Crippen LogP contribution in [0.1, 0.15) is 194 Å². The molecule has 1 saturated carbocycles. The Kier molecular flexibility index (Phi) is 40.1. The van der Waals surface area contributed by atoms with E-state index < -0.39 is 63.1 Å². The quantitative estimate of drug-likeness (QED) is 0.0147. The molecular formula is C53H93O12P. The summed E-state index contributed by atoms with van der Waals surface area (Å²) in [6.07, 6.45) is 43.9. The van der Waals surface area contributed by atoms with Crippen LogP contribution in [0.2, 0.25) is 0 Å². The Balaban J connectivity index is 2.37. The monoisotopic (exact) mass is 953 g/mol. The normalized spacial score (nSPS) is 22.0. The fourth-order valence-corrected chi connectivity index (χ4v) is 8.47. The number of aliphatic hydroxyl groups excluding tert-OH is 5. The van der Waals surface area contributed by atoms with E-state index in [0.717, 1.165) is 96.3 Å². The minimum Gasteiger partial charge on any atom is -0.457 e. The summed E-state index contributed by atoms with van der Waals surface area (Å²) in [7, 11) is -5.03. The zero-order chi connectivity index (χ0) is 48.4. The van der Waals surface area contributed by atoms with Crippen LogP contribution in [-0.2, 0) is 27.9 Å². The van der Waals surface area contributed by atoms with Crippen molar-refractivity contribution in [3.8, 4) is 0 Å². The summed E-state index contributed by atoms with van der Waals surface area (Å²) in [6, 6.07) is 0. The average Bonchev–Trinajstić information content (AvgIpc) is 3.30. The smallest absolute Gasteiger partial charge is 0.457 e. The maximum Gasteiger partial charge on any atom is 0.472 e. The lowest BCUT2D eigenvalue weighted by Crippen LogP contribution is -2.64. The molecule has 0 radical (unpaired) electrons. The van der Waals surface area contributed by atoms with Crippen molar-refractivity contribution < 1.29 is 58.3 Å². The number of aliphatic hydroxyl groups is 5. The number of phosphoric acid groups is 1. The van der Waals surface area contributed by atoms with Crippen LogP contribution in [0.5, 0.6) is 0 Å². The Morgan fingerprint density at radius 2 is 0.894 bits per heavy atom. The highest BCUT2D eigenvalue weighted by atomic mass is 31.2. The van der Waals surface area contributed by atoms with Crippen molar-refractivity contribution in [3.63, 3.8) is 0 Å². The van der Waals surface area contributed by atoms with Crippen LogP contribution in [0.3, 0.4) is 0 Å². The summed E-state index contributed by atoms with van der Waals surface area (Å²) in [5.74, 6) is -0.498. The van der Waals surface area contributed by atoms with Gasteiger partial charge in [0.2, 0.25) is 0 Å². The first-order valence-corrected chi connectivity index (χ1v) is 27.3. The highest BCUT2D eigenvalue weighted by Gasteiger charge is 2.51. The van der Waals surface area contributed by atoms with Crippen LogP contribution in [0.15, 0.2) is 72.9 Å². The molecule has 0 saturated heterocycles. The van der Waals surface area contributed by atoms with Crippen molar-refractivity contribution in [3.05, 3.63) is 72.9 Å². The van der Waals surface area contributed by atoms with Gasteiger partial charge >= 0.3 is 13.8 Å². The number of hydrogen-bond acceptors (Lipinski definition) is 11. The molecule has 6 atom stereocenters. The van der Waals surface area contributed by atoms with Crippen molar-refractivity contribution in [2.75, 3.05) is 19.8 Å². The Labute approximate surface area is 400 Å². The largest absolute Gasteiger partial charge is 0.472 e. The van der Waals surface area contributed by atoms with E-state index in [-0.39, 0.29) is 13.0 Å². The van der Waals surface area contributed by atoms with E-state index in [1.54, 1.807) is 0 Å². The Morgan fingerprint density at radius 3 is 1.38 bits per heavy atom. The number of hydrogen-bond donors (Lipinski definition) is 6. The summed E-state index contributed by atoms with van der Waals surface area (Å²) >= 11 is 0. The summed E-state index contributed by atoms with van der Waals surface area (Å²) < 4.78 is 34.3. The Hall–Kier alpha value is -2.22. The number of ether oxygens (including phenoxy) is 2. The maximum absolute atomic E-state index is 12.9. The molecule has 1 aliphatic rings. The van der Waals surface area contributed by atoms with Crippen LogP contribution >= 0.6 is 7.82 Å². The van der Waals surface area contributed by atoms with Crippen molar-refractivity contribution in [1.82, 2.24) is 0 Å². The zero-order valence-corrected chi connectivity index (χ0v) is 41.9. The molecule has 382 valence electrons. The maximum atomic E-state index is 12.9. The highest BCUT2D eigenvalue weighted by molar-refractivity contribution is 7.47. The van der Waals surface area contributed by atoms with Gasteiger partial charge in [0.1, 0.15) is 42.7 Å². The molecule has 13 heteroatoms. The summed E-state index contributed by atoms with van der Waals surface area (Å²) in [6.45, 7) is 4.12. The molecule has 0 bridgehead atoms. The molecule has 12 nitrogen and oxygen atoms in total. The first kappa shape index (κ1) is 61.8. The molecule has 0 aromatic rings. The van der Waals surface area contributed by atoms with Gasteiger partial charge in [0.15, 0.2) is 0 Å². The van der Waals surface area contributed by atoms with Crippen molar-refractivity contribution in [1.29, 1.82) is 0 Å². The number of esters is 1. The van der Waals surface area contributed by atoms with Gasteiger partial charge in [0, 0.05) is 13.0 Å². The first-order chi connectivity index (χ1) is 32.0. The molecule has 1 fully saturated rings. The van der Waals surface area contributed by atoms with Gasteiger partial charge in [-0.05, 0) is 83.5 Å². The Bertz CT molecular complexity index is 1360. The molecule has 66 heavy (non-hydrogen) atoms. The summed E-state index contributed by atoms with van der Waals surface area (Å²) in [4.78, 5) is 23.2. The Morgan fingerprint density at radius 1 is 0.500 bits per heavy atom. The standard InChI is InChI=1S/C53H93O12P/c1-3-5-7-9-11-13-15-17-19-21-23-24-25-26-28-30-32-34-36-38-40-42-47(54)64-46(45-63-66(60,61)65-53-51(58)49(56)48(55)50(57)52(53)59)44-62-43-41-39-37-35-33-31-29-27-22-20-18-16-14-12-10-8-6-4-2/h5,7,11,13,17-20,23-24,26,28,46,48-53,55-59H,3-4,6,8-10,12,14-16,21-22,25,27,29-45H2,1-2H3,(H,60,61)/b7-5-,13-11-,19-17-,20-18-,24-23-,28-26-. The van der Waals surface area contributed by atoms with Crippen molar-refractivity contribution >= 4 is 13.8 Å². The molecule has 0 aromatic carbocycles. The van der Waals surface area contributed by atoms with Gasteiger partial charge in [-0.2, -0.15) is 0 Å². The molecule has 0 aromatic heterocycles. The van der Waals surface area contributed by atoms with Gasteiger partial charge in [0.25, 0.3) is 0 Å². The SMILES string of the molecule is CC/C=C\C/C=C\C/C=C\C/C=C\C/C=C\CCCCCCCC(=O)OC(COCCCCCCCCCC/C=C\CCCCCCCC)COP(=O)(O)OC1C(O)C(O)C(O)C(O)C1O. The second-order valence-corrected chi connectivity index (χ2v) is 19.0. The fraction of sp³-hybridized carbons (Fsp3) is 0.755. The van der Waals surface area contributed by atoms with Crippen molar-refractivity contribution in [2.45, 2.75) is 236 Å². The third-order valence-corrected chi connectivity index (χ3v) is 12.5. The topological polar surface area (TPSA) is 192 Å². The lowest BCUT2D eigenvalue weighted by atomic mass is 9.85. The van der Waals surface area contributed by atoms with Gasteiger partial charge < -0.3 is 39.9 Å². The van der Waals surface area contributed by atoms with Gasteiger partial charge in [-0.25, -0.2) is 4.57 Å². The third-order valence-electron chi connectivity index (χ3n) is 11.6. The van der Waals surface area contributed by atoms with Gasteiger partial charge in [-0.3, -0.25) is 13.8 Å². The minimum absolute atomic E-state index is 0.0900. The number of rotatable bonds is 43. The van der Waals surface area contributed by atoms with Crippen LogP contribution in [0.25, 0.3) is 0 Å². The van der Waals surface area contributed by atoms with Crippen molar-refractivity contribution in [2.24, 2.45) is 0 Å². The van der Waals surface area contributed by atoms with Crippen LogP contribution in [0, 0.1) is 0 Å². The second-order valence-electron chi connectivity index (χ2n) is 17.6. The van der Waals surface area contributed by atoms with E-state index in [2.05, 4.69) is 86.8 Å². The molecular weight excluding hydrogens is 860 g/mol. The average molecular weight is 953 g/mol. The van der Waals surface area contributed by atoms with E-state index in [9.17, 15) is 39.8 Å². The van der Waals surface area contributed by atoms with E-state index in [1.807, 2.05) is 0 Å². The lowest BCUT2D eigenvalue weighted by molar-refractivity contribution is -0.220. The molecule has 0 spiro atoms. The second kappa shape index (κ2) is 42.8. The van der Waals surface area contributed by atoms with Crippen LogP contribution in [0.4, 0.5) is 0 Å². The van der Waals surface area contributed by atoms with E-state index in [4.69, 9.17) is 18.5 Å². The van der Waals surface area contributed by atoms with Crippen LogP contribution < -0.4 is 0 Å². The number of carbonyl (C=O) groups is 1. The number of phosphoric ester groups is 1. The molecule has 6 unspecified atom stereocenters.